The number of hydrogen-bond acceptors (Lipinski definition) is 4. The summed E-state index contributed by atoms with van der Waals surface area (Å²) in [6, 6.07) is 7.89. The molecule has 2 heterocycles. The smallest absolute Gasteiger partial charge is 0.312 e. The van der Waals surface area contributed by atoms with Crippen molar-refractivity contribution in [2.75, 3.05) is 0 Å². The molecule has 3 rings (SSSR count). The molecule has 1 atom stereocenters. The van der Waals surface area contributed by atoms with E-state index in [0.717, 1.165) is 54.4 Å². The normalized spacial score (nSPS) is 12.6. The molecule has 0 saturated heterocycles. The largest absolute Gasteiger partial charge is 0.408 e. The second kappa shape index (κ2) is 8.51. The Morgan fingerprint density at radius 1 is 1.15 bits per heavy atom. The molecule has 2 aromatic heterocycles. The minimum atomic E-state index is -0.182. The molecule has 27 heavy (non-hydrogen) atoms. The summed E-state index contributed by atoms with van der Waals surface area (Å²) >= 11 is 0. The third-order valence-electron chi connectivity index (χ3n) is 5.16. The van der Waals surface area contributed by atoms with E-state index in [2.05, 4.69) is 32.7 Å². The van der Waals surface area contributed by atoms with E-state index in [-0.39, 0.29) is 11.9 Å². The van der Waals surface area contributed by atoms with Gasteiger partial charge in [-0.25, -0.2) is 14.4 Å². The maximum absolute atomic E-state index is 12.5. The maximum atomic E-state index is 12.5. The Morgan fingerprint density at radius 2 is 1.93 bits per heavy atom. The first-order valence-electron chi connectivity index (χ1n) is 10.1. The highest BCUT2D eigenvalue weighted by molar-refractivity contribution is 5.81. The number of esters is 1. The molecule has 1 aromatic carbocycles. The predicted octanol–water partition coefficient (Wildman–Crippen LogP) is 5.44. The van der Waals surface area contributed by atoms with Crippen LogP contribution in [0, 0.1) is 0 Å². The lowest BCUT2D eigenvalue weighted by atomic mass is 9.99. The molecule has 5 heteroatoms. The molecule has 0 spiro atoms. The van der Waals surface area contributed by atoms with Crippen molar-refractivity contribution in [3.05, 3.63) is 35.5 Å². The third-order valence-corrected chi connectivity index (χ3v) is 5.16. The first-order valence-corrected chi connectivity index (χ1v) is 10.1. The Balaban J connectivity index is 2.18. The maximum Gasteiger partial charge on any atom is 0.312 e. The molecule has 0 fully saturated rings. The second-order valence-corrected chi connectivity index (χ2v) is 7.11. The Bertz CT molecular complexity index is 946. The molecule has 0 bridgehead atoms. The van der Waals surface area contributed by atoms with Gasteiger partial charge in [0.15, 0.2) is 0 Å². The summed E-state index contributed by atoms with van der Waals surface area (Å²) < 4.78 is 7.84. The van der Waals surface area contributed by atoms with E-state index in [1.54, 1.807) is 0 Å². The fourth-order valence-electron chi connectivity index (χ4n) is 3.43. The number of imidazole rings is 1. The van der Waals surface area contributed by atoms with Crippen LogP contribution in [0.25, 0.3) is 16.8 Å². The molecule has 144 valence electrons. The van der Waals surface area contributed by atoms with E-state index in [4.69, 9.17) is 9.72 Å². The monoisotopic (exact) mass is 367 g/mol. The Kier molecular flexibility index (Phi) is 6.09. The van der Waals surface area contributed by atoms with Crippen LogP contribution in [0.15, 0.2) is 24.3 Å². The fourth-order valence-corrected chi connectivity index (χ4v) is 3.43. The topological polar surface area (TPSA) is 56.5 Å². The summed E-state index contributed by atoms with van der Waals surface area (Å²) in [4.78, 5) is 22.1. The average molecular weight is 367 g/mol. The lowest BCUT2D eigenvalue weighted by Gasteiger charge is -2.18. The summed E-state index contributed by atoms with van der Waals surface area (Å²) in [5.41, 5.74) is 3.77. The lowest BCUT2D eigenvalue weighted by molar-refractivity contribution is -0.134. The molecule has 0 aliphatic rings. The molecule has 0 saturated carbocycles. The van der Waals surface area contributed by atoms with Crippen LogP contribution in [0.1, 0.15) is 77.0 Å². The number of aromatic nitrogens is 3. The Hall–Kier alpha value is -2.43. The molecule has 3 aromatic rings. The number of para-hydroxylation sites is 2. The zero-order valence-corrected chi connectivity index (χ0v) is 16.8. The molecule has 0 amide bonds. The Labute approximate surface area is 160 Å². The lowest BCUT2D eigenvalue weighted by Crippen LogP contribution is -2.15. The van der Waals surface area contributed by atoms with Crippen molar-refractivity contribution in [3.8, 4) is 5.88 Å². The highest BCUT2D eigenvalue weighted by atomic mass is 16.5. The van der Waals surface area contributed by atoms with Gasteiger partial charge in [-0.15, -0.1) is 0 Å². The number of ether oxygens (including phenoxy) is 1. The molecule has 5 nitrogen and oxygen atoms in total. The number of benzene rings is 1. The van der Waals surface area contributed by atoms with Crippen LogP contribution < -0.4 is 4.74 Å². The minimum Gasteiger partial charge on any atom is -0.408 e. The summed E-state index contributed by atoms with van der Waals surface area (Å²) in [7, 11) is 0. The molecule has 0 radical (unpaired) electrons. The fraction of sp³-hybridized carbons (Fsp3) is 0.500. The van der Waals surface area contributed by atoms with Crippen LogP contribution in [0.3, 0.4) is 0 Å². The number of carbonyl (C=O) groups is 1. The highest BCUT2D eigenvalue weighted by Crippen LogP contribution is 2.32. The van der Waals surface area contributed by atoms with Gasteiger partial charge < -0.3 is 4.74 Å². The number of carbonyl (C=O) groups excluding carboxylic acids is 1. The van der Waals surface area contributed by atoms with E-state index < -0.39 is 0 Å². The molecular formula is C22H29N3O2. The van der Waals surface area contributed by atoms with E-state index >= 15 is 0 Å². The van der Waals surface area contributed by atoms with Gasteiger partial charge in [-0.05, 0) is 37.3 Å². The van der Waals surface area contributed by atoms with E-state index in [9.17, 15) is 4.79 Å². The molecule has 0 aliphatic heterocycles. The highest BCUT2D eigenvalue weighted by Gasteiger charge is 2.23. The molecule has 1 unspecified atom stereocenters. The van der Waals surface area contributed by atoms with Gasteiger partial charge in [-0.2, -0.15) is 0 Å². The van der Waals surface area contributed by atoms with E-state index in [1.807, 2.05) is 28.7 Å². The Morgan fingerprint density at radius 3 is 2.63 bits per heavy atom. The summed E-state index contributed by atoms with van der Waals surface area (Å²) in [5, 5.41) is 0. The van der Waals surface area contributed by atoms with Gasteiger partial charge in [0.2, 0.25) is 11.7 Å². The molecular weight excluding hydrogens is 338 g/mol. The van der Waals surface area contributed by atoms with Gasteiger partial charge >= 0.3 is 5.97 Å². The van der Waals surface area contributed by atoms with Crippen LogP contribution in [-0.2, 0) is 11.2 Å². The van der Waals surface area contributed by atoms with E-state index in [0.29, 0.717) is 18.1 Å². The second-order valence-electron chi connectivity index (χ2n) is 7.11. The number of fused-ring (bicyclic) bond motifs is 3. The number of unbranched alkanes of at least 4 members (excludes halogenated alkanes) is 2. The van der Waals surface area contributed by atoms with Crippen molar-refractivity contribution in [2.24, 2.45) is 0 Å². The standard InChI is InChI=1S/C22H29N3O2/c1-5-8-9-14-19(26)27-21-16(7-3)20(15(4)6-2)24-22-23-17-12-10-11-13-18(17)25(21)22/h10-13,15H,5-9,14H2,1-4H3. The molecule has 0 N–H and O–H groups in total. The van der Waals surface area contributed by atoms with Crippen LogP contribution in [0.5, 0.6) is 5.88 Å². The van der Waals surface area contributed by atoms with Gasteiger partial charge in [0, 0.05) is 12.0 Å². The van der Waals surface area contributed by atoms with Gasteiger partial charge in [-0.1, -0.05) is 52.7 Å². The van der Waals surface area contributed by atoms with Crippen molar-refractivity contribution < 1.29 is 9.53 Å². The van der Waals surface area contributed by atoms with Gasteiger partial charge in [-0.3, -0.25) is 4.79 Å². The summed E-state index contributed by atoms with van der Waals surface area (Å²) in [6.07, 6.45) is 5.14. The summed E-state index contributed by atoms with van der Waals surface area (Å²) in [5.74, 6) is 1.29. The molecule has 0 aliphatic carbocycles. The zero-order valence-electron chi connectivity index (χ0n) is 16.8. The SMILES string of the molecule is CCCCCC(=O)Oc1c(CC)c(C(C)CC)nc2nc3ccccc3n12. The first-order chi connectivity index (χ1) is 13.1. The van der Waals surface area contributed by atoms with Crippen LogP contribution in [-0.4, -0.2) is 20.3 Å². The van der Waals surface area contributed by atoms with E-state index in [1.165, 1.54) is 0 Å². The van der Waals surface area contributed by atoms with Crippen LogP contribution in [0.4, 0.5) is 0 Å². The van der Waals surface area contributed by atoms with Crippen molar-refractivity contribution in [1.82, 2.24) is 14.4 Å². The van der Waals surface area contributed by atoms with Gasteiger partial charge in [0.1, 0.15) is 0 Å². The van der Waals surface area contributed by atoms with Crippen molar-refractivity contribution >= 4 is 22.8 Å². The third kappa shape index (κ3) is 3.82. The predicted molar refractivity (Wildman–Crippen MR) is 108 cm³/mol. The van der Waals surface area contributed by atoms with Gasteiger partial charge in [0.25, 0.3) is 0 Å². The van der Waals surface area contributed by atoms with Crippen molar-refractivity contribution in [1.29, 1.82) is 0 Å². The van der Waals surface area contributed by atoms with Gasteiger partial charge in [0.05, 0.1) is 16.7 Å². The number of rotatable bonds is 8. The minimum absolute atomic E-state index is 0.182. The quantitative estimate of drug-likeness (QED) is 0.393. The van der Waals surface area contributed by atoms with Crippen molar-refractivity contribution in [3.63, 3.8) is 0 Å². The van der Waals surface area contributed by atoms with Crippen LogP contribution >= 0.6 is 0 Å². The first kappa shape index (κ1) is 19.3. The average Bonchev–Trinajstić information content (AvgIpc) is 3.05. The summed E-state index contributed by atoms with van der Waals surface area (Å²) in [6.45, 7) is 8.52. The number of hydrogen-bond donors (Lipinski definition) is 0. The number of nitrogens with zero attached hydrogens (tertiary/aromatic N) is 3. The zero-order chi connectivity index (χ0) is 19.4. The van der Waals surface area contributed by atoms with Crippen LogP contribution in [0.2, 0.25) is 0 Å². The van der Waals surface area contributed by atoms with Crippen molar-refractivity contribution in [2.45, 2.75) is 72.1 Å².